The van der Waals surface area contributed by atoms with Gasteiger partial charge in [0.15, 0.2) is 0 Å². The summed E-state index contributed by atoms with van der Waals surface area (Å²) >= 11 is 3.38. The largest absolute Gasteiger partial charge is 0.329 e. The Morgan fingerprint density at radius 1 is 1.33 bits per heavy atom. The van der Waals surface area contributed by atoms with E-state index in [4.69, 9.17) is 5.73 Å². The van der Waals surface area contributed by atoms with Gasteiger partial charge in [-0.3, -0.25) is 0 Å². The third-order valence-electron chi connectivity index (χ3n) is 3.61. The zero-order chi connectivity index (χ0) is 13.0. The highest BCUT2D eigenvalue weighted by molar-refractivity contribution is 9.10. The van der Waals surface area contributed by atoms with Crippen molar-refractivity contribution in [3.8, 4) is 0 Å². The zero-order valence-corrected chi connectivity index (χ0v) is 12.0. The summed E-state index contributed by atoms with van der Waals surface area (Å²) in [5.41, 5.74) is 6.46. The number of hydrogen-bond acceptors (Lipinski definition) is 2. The van der Waals surface area contributed by atoms with E-state index in [0.717, 1.165) is 4.47 Å². The van der Waals surface area contributed by atoms with Gasteiger partial charge in [-0.1, -0.05) is 35.2 Å². The highest BCUT2D eigenvalue weighted by Crippen LogP contribution is 2.24. The molecular weight excluding hydrogens is 295 g/mol. The second-order valence-electron chi connectivity index (χ2n) is 4.96. The molecule has 0 radical (unpaired) electrons. The van der Waals surface area contributed by atoms with Crippen LogP contribution in [0.15, 0.2) is 22.7 Å². The molecule has 3 N–H and O–H groups in total. The third-order valence-corrected chi connectivity index (χ3v) is 4.10. The number of nitrogens with two attached hydrogens (primary N) is 1. The minimum atomic E-state index is -0.183. The van der Waals surface area contributed by atoms with E-state index in [0.29, 0.717) is 18.2 Å². The van der Waals surface area contributed by atoms with Crippen molar-refractivity contribution >= 4 is 15.9 Å². The maximum absolute atomic E-state index is 13.8. The van der Waals surface area contributed by atoms with Crippen molar-refractivity contribution in [2.75, 3.05) is 6.54 Å². The molecule has 1 aromatic rings. The van der Waals surface area contributed by atoms with E-state index in [2.05, 4.69) is 21.2 Å². The lowest BCUT2D eigenvalue weighted by atomic mass is 9.94. The minimum Gasteiger partial charge on any atom is -0.329 e. The van der Waals surface area contributed by atoms with Gasteiger partial charge in [0.1, 0.15) is 5.82 Å². The average Bonchev–Trinajstić information content (AvgIpc) is 2.40. The van der Waals surface area contributed by atoms with Crippen LogP contribution >= 0.6 is 15.9 Å². The van der Waals surface area contributed by atoms with Crippen LogP contribution in [0.2, 0.25) is 0 Å². The molecule has 1 atom stereocenters. The molecule has 0 saturated heterocycles. The van der Waals surface area contributed by atoms with Gasteiger partial charge in [-0.05, 0) is 31.0 Å². The van der Waals surface area contributed by atoms with Crippen LogP contribution in [0.3, 0.4) is 0 Å². The van der Waals surface area contributed by atoms with Gasteiger partial charge in [-0.2, -0.15) is 0 Å². The van der Waals surface area contributed by atoms with E-state index in [1.165, 1.54) is 38.2 Å². The number of rotatable bonds is 4. The zero-order valence-electron chi connectivity index (χ0n) is 10.5. The molecule has 1 saturated carbocycles. The van der Waals surface area contributed by atoms with Crippen molar-refractivity contribution in [3.05, 3.63) is 34.1 Å². The lowest BCUT2D eigenvalue weighted by Gasteiger charge is -2.28. The summed E-state index contributed by atoms with van der Waals surface area (Å²) in [5.74, 6) is -0.183. The van der Waals surface area contributed by atoms with Crippen molar-refractivity contribution in [3.63, 3.8) is 0 Å². The van der Waals surface area contributed by atoms with Gasteiger partial charge in [0.05, 0.1) is 0 Å². The Hall–Kier alpha value is -0.450. The number of nitrogens with one attached hydrogen (secondary N) is 1. The molecular formula is C14H20BrFN2. The second-order valence-corrected chi connectivity index (χ2v) is 5.87. The Balaban J connectivity index is 2.09. The molecule has 0 heterocycles. The molecule has 0 aliphatic heterocycles. The fraction of sp³-hybridized carbons (Fsp3) is 0.571. The smallest absolute Gasteiger partial charge is 0.128 e. The maximum Gasteiger partial charge on any atom is 0.128 e. The number of hydrogen-bond donors (Lipinski definition) is 2. The number of halogens is 2. The summed E-state index contributed by atoms with van der Waals surface area (Å²) < 4.78 is 14.7. The van der Waals surface area contributed by atoms with E-state index < -0.39 is 0 Å². The van der Waals surface area contributed by atoms with E-state index in [1.807, 2.05) is 6.07 Å². The van der Waals surface area contributed by atoms with Gasteiger partial charge in [0.2, 0.25) is 0 Å². The minimum absolute atomic E-state index is 0.0920. The first-order chi connectivity index (χ1) is 8.70. The molecule has 18 heavy (non-hydrogen) atoms. The van der Waals surface area contributed by atoms with Gasteiger partial charge in [0, 0.05) is 28.7 Å². The second kappa shape index (κ2) is 6.64. The first kappa shape index (κ1) is 14.0. The van der Waals surface area contributed by atoms with E-state index in [-0.39, 0.29) is 11.9 Å². The van der Waals surface area contributed by atoms with Crippen molar-refractivity contribution in [2.24, 2.45) is 5.73 Å². The number of benzene rings is 1. The topological polar surface area (TPSA) is 38.0 Å². The monoisotopic (exact) mass is 314 g/mol. The first-order valence-corrected chi connectivity index (χ1v) is 7.41. The fourth-order valence-corrected chi connectivity index (χ4v) is 3.00. The Kier molecular flexibility index (Phi) is 5.15. The summed E-state index contributed by atoms with van der Waals surface area (Å²) in [5, 5.41) is 3.50. The Morgan fingerprint density at radius 3 is 2.72 bits per heavy atom. The Morgan fingerprint density at radius 2 is 2.06 bits per heavy atom. The molecule has 1 aliphatic carbocycles. The van der Waals surface area contributed by atoms with E-state index >= 15 is 0 Å². The molecule has 1 aliphatic rings. The SMILES string of the molecule is NCC(NC1CCCCC1)c1cc(Br)ccc1F. The molecule has 0 amide bonds. The standard InChI is InChI=1S/C14H20BrFN2/c15-10-6-7-13(16)12(8-10)14(9-17)18-11-4-2-1-3-5-11/h6-8,11,14,18H,1-5,9,17H2. The van der Waals surface area contributed by atoms with Gasteiger partial charge < -0.3 is 11.1 Å². The normalized spacial score (nSPS) is 18.8. The summed E-state index contributed by atoms with van der Waals surface area (Å²) in [6.45, 7) is 0.421. The molecule has 0 spiro atoms. The van der Waals surface area contributed by atoms with Crippen molar-refractivity contribution in [2.45, 2.75) is 44.2 Å². The molecule has 1 unspecified atom stereocenters. The predicted octanol–water partition coefficient (Wildman–Crippen LogP) is 3.51. The summed E-state index contributed by atoms with van der Waals surface area (Å²) in [4.78, 5) is 0. The fourth-order valence-electron chi connectivity index (χ4n) is 2.62. The third kappa shape index (κ3) is 3.53. The van der Waals surface area contributed by atoms with Crippen molar-refractivity contribution in [1.82, 2.24) is 5.32 Å². The lowest BCUT2D eigenvalue weighted by Crippen LogP contribution is -2.38. The van der Waals surface area contributed by atoms with Gasteiger partial charge in [-0.25, -0.2) is 4.39 Å². The average molecular weight is 315 g/mol. The molecule has 1 fully saturated rings. The quantitative estimate of drug-likeness (QED) is 0.892. The molecule has 100 valence electrons. The van der Waals surface area contributed by atoms with Crippen LogP contribution in [0.25, 0.3) is 0 Å². The van der Waals surface area contributed by atoms with Crippen LogP contribution < -0.4 is 11.1 Å². The van der Waals surface area contributed by atoms with Crippen molar-refractivity contribution < 1.29 is 4.39 Å². The van der Waals surface area contributed by atoms with Gasteiger partial charge >= 0.3 is 0 Å². The summed E-state index contributed by atoms with van der Waals surface area (Å²) in [6.07, 6.45) is 6.18. The lowest BCUT2D eigenvalue weighted by molar-refractivity contribution is 0.336. The first-order valence-electron chi connectivity index (χ1n) is 6.62. The van der Waals surface area contributed by atoms with Crippen LogP contribution in [0.5, 0.6) is 0 Å². The molecule has 0 aromatic heterocycles. The Bertz CT molecular complexity index is 391. The van der Waals surface area contributed by atoms with Crippen LogP contribution in [-0.2, 0) is 0 Å². The van der Waals surface area contributed by atoms with Crippen molar-refractivity contribution in [1.29, 1.82) is 0 Å². The van der Waals surface area contributed by atoms with E-state index in [9.17, 15) is 4.39 Å². The van der Waals surface area contributed by atoms with Crippen LogP contribution in [0, 0.1) is 5.82 Å². The molecule has 4 heteroatoms. The maximum atomic E-state index is 13.8. The predicted molar refractivity (Wildman–Crippen MR) is 75.9 cm³/mol. The van der Waals surface area contributed by atoms with E-state index in [1.54, 1.807) is 6.07 Å². The van der Waals surface area contributed by atoms with Crippen LogP contribution in [0.1, 0.15) is 43.7 Å². The van der Waals surface area contributed by atoms with Gasteiger partial charge in [-0.15, -0.1) is 0 Å². The molecule has 2 nitrogen and oxygen atoms in total. The van der Waals surface area contributed by atoms with Crippen LogP contribution in [0.4, 0.5) is 4.39 Å². The Labute approximate surface area is 116 Å². The highest BCUT2D eigenvalue weighted by Gasteiger charge is 2.20. The highest BCUT2D eigenvalue weighted by atomic mass is 79.9. The summed E-state index contributed by atoms with van der Waals surface area (Å²) in [6, 6.07) is 5.41. The molecule has 1 aromatic carbocycles. The van der Waals surface area contributed by atoms with Crippen LogP contribution in [-0.4, -0.2) is 12.6 Å². The van der Waals surface area contributed by atoms with Gasteiger partial charge in [0.25, 0.3) is 0 Å². The summed E-state index contributed by atoms with van der Waals surface area (Å²) in [7, 11) is 0. The molecule has 2 rings (SSSR count). The molecule has 0 bridgehead atoms.